The van der Waals surface area contributed by atoms with E-state index in [4.69, 9.17) is 0 Å². The SMILES string of the molecule is CCCCc1c(O)ccc2c3c(ccc12)C1=C(CCC=C1)CC3. The van der Waals surface area contributed by atoms with E-state index in [-0.39, 0.29) is 0 Å². The predicted molar refractivity (Wildman–Crippen MR) is 97.8 cm³/mol. The Bertz CT molecular complexity index is 823. The summed E-state index contributed by atoms with van der Waals surface area (Å²) in [7, 11) is 0. The first-order valence-electron chi connectivity index (χ1n) is 8.95. The van der Waals surface area contributed by atoms with Gasteiger partial charge in [0.25, 0.3) is 0 Å². The van der Waals surface area contributed by atoms with Crippen LogP contribution in [0.4, 0.5) is 0 Å². The highest BCUT2D eigenvalue weighted by atomic mass is 16.3. The summed E-state index contributed by atoms with van der Waals surface area (Å²) < 4.78 is 0. The molecule has 0 heterocycles. The molecule has 0 saturated carbocycles. The number of phenols is 1. The van der Waals surface area contributed by atoms with Gasteiger partial charge in [0.05, 0.1) is 0 Å². The molecule has 2 aromatic rings. The summed E-state index contributed by atoms with van der Waals surface area (Å²) in [6.45, 7) is 2.20. The molecule has 0 radical (unpaired) electrons. The van der Waals surface area contributed by atoms with Gasteiger partial charge in [-0.1, -0.05) is 49.3 Å². The molecule has 0 aliphatic heterocycles. The van der Waals surface area contributed by atoms with Crippen LogP contribution in [0.2, 0.25) is 0 Å². The van der Waals surface area contributed by atoms with Crippen molar-refractivity contribution in [1.82, 2.24) is 0 Å². The minimum Gasteiger partial charge on any atom is -0.508 e. The normalized spacial score (nSPS) is 16.6. The van der Waals surface area contributed by atoms with E-state index in [1.165, 1.54) is 46.7 Å². The van der Waals surface area contributed by atoms with Gasteiger partial charge in [-0.05, 0) is 72.1 Å². The maximum atomic E-state index is 10.3. The number of benzene rings is 2. The van der Waals surface area contributed by atoms with Crippen LogP contribution < -0.4 is 0 Å². The lowest BCUT2D eigenvalue weighted by molar-refractivity contribution is 0.468. The lowest BCUT2D eigenvalue weighted by Gasteiger charge is -2.26. The molecule has 2 aromatic carbocycles. The second kappa shape index (κ2) is 5.88. The van der Waals surface area contributed by atoms with E-state index in [0.717, 1.165) is 31.2 Å². The maximum Gasteiger partial charge on any atom is 0.119 e. The zero-order valence-electron chi connectivity index (χ0n) is 13.9. The Balaban J connectivity index is 1.91. The third-order valence-corrected chi connectivity index (χ3v) is 5.42. The summed E-state index contributed by atoms with van der Waals surface area (Å²) in [6, 6.07) is 8.54. The second-order valence-electron chi connectivity index (χ2n) is 6.81. The van der Waals surface area contributed by atoms with E-state index in [2.05, 4.69) is 37.3 Å². The number of hydrogen-bond acceptors (Lipinski definition) is 1. The van der Waals surface area contributed by atoms with E-state index in [9.17, 15) is 5.11 Å². The fraction of sp³-hybridized carbons (Fsp3) is 0.364. The minimum absolute atomic E-state index is 0.458. The van der Waals surface area contributed by atoms with Crippen molar-refractivity contribution in [3.63, 3.8) is 0 Å². The van der Waals surface area contributed by atoms with E-state index >= 15 is 0 Å². The average molecular weight is 304 g/mol. The van der Waals surface area contributed by atoms with Gasteiger partial charge >= 0.3 is 0 Å². The molecule has 1 heteroatoms. The highest BCUT2D eigenvalue weighted by Gasteiger charge is 2.21. The molecule has 1 N–H and O–H groups in total. The van der Waals surface area contributed by atoms with Crippen LogP contribution in [0.3, 0.4) is 0 Å². The Hall–Kier alpha value is -2.02. The Labute approximate surface area is 138 Å². The number of fused-ring (bicyclic) bond motifs is 4. The van der Waals surface area contributed by atoms with Gasteiger partial charge in [0.15, 0.2) is 0 Å². The predicted octanol–water partition coefficient (Wildman–Crippen LogP) is 5.94. The molecule has 0 saturated heterocycles. The summed E-state index contributed by atoms with van der Waals surface area (Å²) in [6.07, 6.45) is 12.6. The molecular weight excluding hydrogens is 280 g/mol. The number of allylic oxidation sites excluding steroid dienone is 4. The molecule has 0 atom stereocenters. The Morgan fingerprint density at radius 2 is 1.87 bits per heavy atom. The second-order valence-corrected chi connectivity index (χ2v) is 6.81. The van der Waals surface area contributed by atoms with Crippen LogP contribution in [-0.2, 0) is 12.8 Å². The van der Waals surface area contributed by atoms with Gasteiger partial charge in [-0.3, -0.25) is 0 Å². The first-order chi connectivity index (χ1) is 11.3. The Kier molecular flexibility index (Phi) is 3.72. The third-order valence-electron chi connectivity index (χ3n) is 5.42. The van der Waals surface area contributed by atoms with Crippen molar-refractivity contribution in [3.05, 3.63) is 58.7 Å². The van der Waals surface area contributed by atoms with Crippen LogP contribution in [-0.4, -0.2) is 5.11 Å². The maximum absolute atomic E-state index is 10.3. The van der Waals surface area contributed by atoms with Gasteiger partial charge < -0.3 is 5.11 Å². The number of rotatable bonds is 3. The third kappa shape index (κ3) is 2.39. The van der Waals surface area contributed by atoms with Crippen LogP contribution in [0.15, 0.2) is 42.0 Å². The quantitative estimate of drug-likeness (QED) is 0.744. The lowest BCUT2D eigenvalue weighted by Crippen LogP contribution is -2.07. The zero-order chi connectivity index (χ0) is 15.8. The van der Waals surface area contributed by atoms with Gasteiger partial charge in [-0.25, -0.2) is 0 Å². The largest absolute Gasteiger partial charge is 0.508 e. The lowest BCUT2D eigenvalue weighted by atomic mass is 9.79. The molecule has 0 aromatic heterocycles. The van der Waals surface area contributed by atoms with Crippen molar-refractivity contribution < 1.29 is 5.11 Å². The smallest absolute Gasteiger partial charge is 0.119 e. The topological polar surface area (TPSA) is 20.2 Å². The summed E-state index contributed by atoms with van der Waals surface area (Å²) >= 11 is 0. The fourth-order valence-electron chi connectivity index (χ4n) is 4.18. The van der Waals surface area contributed by atoms with Gasteiger partial charge in [0.1, 0.15) is 5.75 Å². The van der Waals surface area contributed by atoms with Crippen LogP contribution >= 0.6 is 0 Å². The van der Waals surface area contributed by atoms with Crippen molar-refractivity contribution in [1.29, 1.82) is 0 Å². The molecule has 1 nitrogen and oxygen atoms in total. The highest BCUT2D eigenvalue weighted by Crippen LogP contribution is 2.41. The monoisotopic (exact) mass is 304 g/mol. The van der Waals surface area contributed by atoms with E-state index in [0.29, 0.717) is 5.75 Å². The average Bonchev–Trinajstić information content (AvgIpc) is 2.60. The summed E-state index contributed by atoms with van der Waals surface area (Å²) in [5, 5.41) is 12.9. The molecule has 2 aliphatic carbocycles. The van der Waals surface area contributed by atoms with Gasteiger partial charge in [0.2, 0.25) is 0 Å². The molecule has 0 spiro atoms. The van der Waals surface area contributed by atoms with E-state index in [1.807, 2.05) is 6.07 Å². The number of aromatic hydroxyl groups is 1. The number of unbranched alkanes of at least 4 members (excludes halogenated alkanes) is 1. The number of phenolic OH excluding ortho intramolecular Hbond substituents is 1. The minimum atomic E-state index is 0.458. The van der Waals surface area contributed by atoms with Crippen molar-refractivity contribution in [2.75, 3.05) is 0 Å². The molecular formula is C22H24O. The highest BCUT2D eigenvalue weighted by molar-refractivity contribution is 5.96. The zero-order valence-corrected chi connectivity index (χ0v) is 13.9. The molecule has 23 heavy (non-hydrogen) atoms. The van der Waals surface area contributed by atoms with Gasteiger partial charge in [-0.2, -0.15) is 0 Å². The molecule has 0 fully saturated rings. The summed E-state index contributed by atoms with van der Waals surface area (Å²) in [5.41, 5.74) is 7.12. The molecule has 118 valence electrons. The van der Waals surface area contributed by atoms with E-state index in [1.54, 1.807) is 5.57 Å². The van der Waals surface area contributed by atoms with Gasteiger partial charge in [-0.15, -0.1) is 0 Å². The van der Waals surface area contributed by atoms with Crippen molar-refractivity contribution >= 4 is 16.3 Å². The number of aryl methyl sites for hydroxylation is 2. The molecule has 0 unspecified atom stereocenters. The first-order valence-corrected chi connectivity index (χ1v) is 8.95. The number of hydrogen-bond donors (Lipinski definition) is 1. The van der Waals surface area contributed by atoms with Crippen molar-refractivity contribution in [3.8, 4) is 5.75 Å². The van der Waals surface area contributed by atoms with Gasteiger partial charge in [0, 0.05) is 5.56 Å². The van der Waals surface area contributed by atoms with Crippen LogP contribution in [0, 0.1) is 0 Å². The first kappa shape index (κ1) is 14.6. The van der Waals surface area contributed by atoms with Crippen molar-refractivity contribution in [2.24, 2.45) is 0 Å². The van der Waals surface area contributed by atoms with Crippen LogP contribution in [0.5, 0.6) is 5.75 Å². The molecule has 0 amide bonds. The molecule has 2 aliphatic rings. The Morgan fingerprint density at radius 1 is 1.00 bits per heavy atom. The van der Waals surface area contributed by atoms with Crippen LogP contribution in [0.25, 0.3) is 16.3 Å². The summed E-state index contributed by atoms with van der Waals surface area (Å²) in [5.74, 6) is 0.458. The van der Waals surface area contributed by atoms with E-state index < -0.39 is 0 Å². The Morgan fingerprint density at radius 3 is 2.74 bits per heavy atom. The molecule has 4 rings (SSSR count). The van der Waals surface area contributed by atoms with Crippen molar-refractivity contribution in [2.45, 2.75) is 51.9 Å². The summed E-state index contributed by atoms with van der Waals surface area (Å²) in [4.78, 5) is 0. The molecule has 0 bridgehead atoms. The fourth-order valence-corrected chi connectivity index (χ4v) is 4.18. The standard InChI is InChI=1S/C22H24O/c1-2-3-7-21-20-12-11-17-16-8-5-4-6-15(16)9-10-18(17)19(20)13-14-22(21)23/h5,8,11-14,23H,2-4,6-7,9-10H2,1H3. The van der Waals surface area contributed by atoms with Crippen LogP contribution in [0.1, 0.15) is 55.7 Å².